The molecule has 0 unspecified atom stereocenters. The Balaban J connectivity index is 2.14. The number of nitrogens with one attached hydrogen (secondary N) is 1. The molecule has 0 aromatic carbocycles. The van der Waals surface area contributed by atoms with Crippen molar-refractivity contribution in [3.63, 3.8) is 0 Å². The third-order valence-corrected chi connectivity index (χ3v) is 3.60. The van der Waals surface area contributed by atoms with E-state index in [2.05, 4.69) is 15.4 Å². The highest BCUT2D eigenvalue weighted by Crippen LogP contribution is 2.17. The Labute approximate surface area is 120 Å². The summed E-state index contributed by atoms with van der Waals surface area (Å²) in [6.45, 7) is 5.20. The number of aromatic nitrogens is 3. The van der Waals surface area contributed by atoms with Crippen molar-refractivity contribution < 1.29 is 0 Å². The summed E-state index contributed by atoms with van der Waals surface area (Å²) < 4.78 is 1.39. The Hall–Kier alpha value is -1.40. The Kier molecular flexibility index (Phi) is 4.55. The van der Waals surface area contributed by atoms with E-state index in [0.29, 0.717) is 24.7 Å². The van der Waals surface area contributed by atoms with Crippen molar-refractivity contribution in [1.29, 1.82) is 0 Å². The van der Waals surface area contributed by atoms with Crippen molar-refractivity contribution in [1.82, 2.24) is 14.8 Å². The predicted octanol–water partition coefficient (Wildman–Crippen LogP) is 2.62. The number of thiazole rings is 1. The Morgan fingerprint density at radius 1 is 1.47 bits per heavy atom. The molecule has 1 N–H and O–H groups in total. The molecule has 0 radical (unpaired) electrons. The van der Waals surface area contributed by atoms with Crippen LogP contribution >= 0.6 is 22.9 Å². The van der Waals surface area contributed by atoms with Crippen molar-refractivity contribution >= 4 is 28.6 Å². The highest BCUT2D eigenvalue weighted by atomic mass is 35.5. The van der Waals surface area contributed by atoms with E-state index in [9.17, 15) is 4.79 Å². The molecule has 2 heterocycles. The average molecular weight is 299 g/mol. The Bertz CT molecular complexity index is 594. The molecule has 0 atom stereocenters. The number of anilines is 1. The molecule has 0 spiro atoms. The lowest BCUT2D eigenvalue weighted by Gasteiger charge is -2.10. The largest absolute Gasteiger partial charge is 0.377 e. The minimum absolute atomic E-state index is 0.181. The summed E-state index contributed by atoms with van der Waals surface area (Å²) >= 11 is 7.62. The summed E-state index contributed by atoms with van der Waals surface area (Å²) in [5.74, 6) is 0.345. The van der Waals surface area contributed by atoms with E-state index < -0.39 is 0 Å². The van der Waals surface area contributed by atoms with Crippen molar-refractivity contribution in [2.75, 3.05) is 5.32 Å². The standard InChI is InChI=1S/C12H15ClN4OS/c1-8(2)6-17-12(18)11(13)10(5-16-17)15-4-9-3-14-7-19-9/h3,5,7-8,15H,4,6H2,1-2H3. The average Bonchev–Trinajstić information content (AvgIpc) is 2.87. The number of rotatable bonds is 5. The van der Waals surface area contributed by atoms with E-state index in [1.165, 1.54) is 4.68 Å². The molecule has 2 aromatic rings. The van der Waals surface area contributed by atoms with Crippen molar-refractivity contribution in [3.8, 4) is 0 Å². The van der Waals surface area contributed by atoms with Gasteiger partial charge in [0.15, 0.2) is 0 Å². The van der Waals surface area contributed by atoms with E-state index in [1.54, 1.807) is 29.2 Å². The minimum atomic E-state index is -0.260. The normalized spacial score (nSPS) is 10.9. The zero-order valence-corrected chi connectivity index (χ0v) is 12.3. The van der Waals surface area contributed by atoms with Gasteiger partial charge in [0.05, 0.1) is 23.9 Å². The number of halogens is 1. The highest BCUT2D eigenvalue weighted by Gasteiger charge is 2.10. The van der Waals surface area contributed by atoms with Gasteiger partial charge in [-0.15, -0.1) is 11.3 Å². The first kappa shape index (κ1) is 14.0. The smallest absolute Gasteiger partial charge is 0.287 e. The molecule has 5 nitrogen and oxygen atoms in total. The molecule has 0 fully saturated rings. The lowest BCUT2D eigenvalue weighted by molar-refractivity contribution is 0.464. The third-order valence-electron chi connectivity index (χ3n) is 2.46. The van der Waals surface area contributed by atoms with E-state index >= 15 is 0 Å². The summed E-state index contributed by atoms with van der Waals surface area (Å²) in [6, 6.07) is 0. The van der Waals surface area contributed by atoms with E-state index in [1.807, 2.05) is 13.8 Å². The highest BCUT2D eigenvalue weighted by molar-refractivity contribution is 7.09. The number of hydrogen-bond donors (Lipinski definition) is 1. The number of nitrogens with zero attached hydrogens (tertiary/aromatic N) is 3. The summed E-state index contributed by atoms with van der Waals surface area (Å²) in [4.78, 5) is 17.1. The zero-order valence-electron chi connectivity index (χ0n) is 10.8. The van der Waals surface area contributed by atoms with Crippen LogP contribution in [0.25, 0.3) is 0 Å². The number of hydrogen-bond acceptors (Lipinski definition) is 5. The van der Waals surface area contributed by atoms with Gasteiger partial charge in [-0.3, -0.25) is 9.78 Å². The summed E-state index contributed by atoms with van der Waals surface area (Å²) in [7, 11) is 0. The topological polar surface area (TPSA) is 59.8 Å². The van der Waals surface area contributed by atoms with Gasteiger partial charge in [0.2, 0.25) is 0 Å². The molecule has 102 valence electrons. The maximum absolute atomic E-state index is 12.0. The maximum atomic E-state index is 12.0. The predicted molar refractivity (Wildman–Crippen MR) is 77.8 cm³/mol. The van der Waals surface area contributed by atoms with E-state index in [0.717, 1.165) is 4.88 Å². The molecule has 0 saturated carbocycles. The SMILES string of the molecule is CC(C)Cn1ncc(NCc2cncs2)c(Cl)c1=O. The van der Waals surface area contributed by atoms with E-state index in [4.69, 9.17) is 11.6 Å². The van der Waals surface area contributed by atoms with Gasteiger partial charge in [-0.05, 0) is 5.92 Å². The van der Waals surface area contributed by atoms with Crippen molar-refractivity contribution in [2.45, 2.75) is 26.9 Å². The first-order valence-corrected chi connectivity index (χ1v) is 7.20. The van der Waals surface area contributed by atoms with Crippen LogP contribution in [0.1, 0.15) is 18.7 Å². The van der Waals surface area contributed by atoms with Crippen LogP contribution in [0.4, 0.5) is 5.69 Å². The van der Waals surface area contributed by atoms with Gasteiger partial charge in [-0.25, -0.2) is 4.68 Å². The molecule has 2 rings (SSSR count). The summed E-state index contributed by atoms with van der Waals surface area (Å²) in [5.41, 5.74) is 2.06. The molecule has 0 amide bonds. The first-order valence-electron chi connectivity index (χ1n) is 5.94. The monoisotopic (exact) mass is 298 g/mol. The molecular formula is C12H15ClN4OS. The summed E-state index contributed by atoms with van der Waals surface area (Å²) in [6.07, 6.45) is 3.37. The van der Waals surface area contributed by atoms with Crippen LogP contribution in [-0.4, -0.2) is 14.8 Å². The van der Waals surface area contributed by atoms with Crippen LogP contribution < -0.4 is 10.9 Å². The molecule has 0 aliphatic carbocycles. The lowest BCUT2D eigenvalue weighted by Crippen LogP contribution is -2.26. The third kappa shape index (κ3) is 3.54. The minimum Gasteiger partial charge on any atom is -0.377 e. The van der Waals surface area contributed by atoms with Gasteiger partial charge in [-0.2, -0.15) is 5.10 Å². The maximum Gasteiger partial charge on any atom is 0.287 e. The van der Waals surface area contributed by atoms with Gasteiger partial charge in [0, 0.05) is 17.6 Å². The fourth-order valence-electron chi connectivity index (χ4n) is 1.58. The lowest BCUT2D eigenvalue weighted by atomic mass is 10.2. The second-order valence-corrected chi connectivity index (χ2v) is 5.92. The van der Waals surface area contributed by atoms with Crippen LogP contribution in [0.5, 0.6) is 0 Å². The van der Waals surface area contributed by atoms with Crippen LogP contribution in [0, 0.1) is 5.92 Å². The van der Waals surface area contributed by atoms with Crippen LogP contribution in [-0.2, 0) is 13.1 Å². The molecule has 19 heavy (non-hydrogen) atoms. The zero-order chi connectivity index (χ0) is 13.8. The van der Waals surface area contributed by atoms with E-state index in [-0.39, 0.29) is 10.6 Å². The fourth-order valence-corrected chi connectivity index (χ4v) is 2.32. The van der Waals surface area contributed by atoms with Crippen molar-refractivity contribution in [3.05, 3.63) is 38.2 Å². The van der Waals surface area contributed by atoms with Gasteiger partial charge in [0.1, 0.15) is 5.02 Å². The molecule has 0 aliphatic rings. The quantitative estimate of drug-likeness (QED) is 0.922. The van der Waals surface area contributed by atoms with Gasteiger partial charge in [-0.1, -0.05) is 25.4 Å². The van der Waals surface area contributed by atoms with Crippen LogP contribution in [0.2, 0.25) is 5.02 Å². The van der Waals surface area contributed by atoms with Crippen LogP contribution in [0.3, 0.4) is 0 Å². The molecule has 0 bridgehead atoms. The summed E-state index contributed by atoms with van der Waals surface area (Å²) in [5, 5.41) is 7.40. The fraction of sp³-hybridized carbons (Fsp3) is 0.417. The molecule has 7 heteroatoms. The second kappa shape index (κ2) is 6.16. The van der Waals surface area contributed by atoms with Gasteiger partial charge >= 0.3 is 0 Å². The molecule has 0 saturated heterocycles. The second-order valence-electron chi connectivity index (χ2n) is 4.57. The van der Waals surface area contributed by atoms with Crippen LogP contribution in [0.15, 0.2) is 22.7 Å². The Morgan fingerprint density at radius 2 is 2.26 bits per heavy atom. The Morgan fingerprint density at radius 3 is 2.89 bits per heavy atom. The first-order chi connectivity index (χ1) is 9.08. The molecule has 0 aliphatic heterocycles. The van der Waals surface area contributed by atoms with Gasteiger partial charge in [0.25, 0.3) is 5.56 Å². The van der Waals surface area contributed by atoms with Crippen molar-refractivity contribution in [2.24, 2.45) is 5.92 Å². The van der Waals surface area contributed by atoms with Gasteiger partial charge < -0.3 is 5.32 Å². The molecular weight excluding hydrogens is 284 g/mol. The molecule has 2 aromatic heterocycles.